The summed E-state index contributed by atoms with van der Waals surface area (Å²) in [5.41, 5.74) is 0. The Kier molecular flexibility index (Phi) is 17.1. The minimum Gasteiger partial charge on any atom is -1.00 e. The van der Waals surface area contributed by atoms with Gasteiger partial charge in [0.25, 0.3) is 0 Å². The van der Waals surface area contributed by atoms with Crippen molar-refractivity contribution in [3.8, 4) is 0 Å². The molecule has 0 aliphatic carbocycles. The number of hydrogen-bond acceptors (Lipinski definition) is 0. The molecule has 0 heterocycles. The maximum absolute atomic E-state index is 2.37. The van der Waals surface area contributed by atoms with Gasteiger partial charge in [0.05, 0.1) is 0 Å². The summed E-state index contributed by atoms with van der Waals surface area (Å²) in [4.78, 5) is 0. The molecule has 0 N–H and O–H groups in total. The smallest absolute Gasteiger partial charge is 1.00 e. The van der Waals surface area contributed by atoms with Crippen molar-refractivity contribution in [2.24, 2.45) is 0 Å². The van der Waals surface area contributed by atoms with E-state index in [9.17, 15) is 0 Å². The first kappa shape index (κ1) is 21.3. The largest absolute Gasteiger partial charge is 1.00 e. The summed E-state index contributed by atoms with van der Waals surface area (Å²) in [7, 11) is 0. The zero-order valence-corrected chi connectivity index (χ0v) is 16.8. The van der Waals surface area contributed by atoms with Gasteiger partial charge >= 0.3 is 113 Å². The molecule has 0 aromatic heterocycles. The van der Waals surface area contributed by atoms with Crippen LogP contribution in [0.1, 0.15) is 79.1 Å². The molecule has 0 saturated carbocycles. The van der Waals surface area contributed by atoms with E-state index in [0.29, 0.717) is 0 Å². The van der Waals surface area contributed by atoms with Crippen molar-refractivity contribution in [3.63, 3.8) is 0 Å². The van der Waals surface area contributed by atoms with Crippen LogP contribution in [0.3, 0.4) is 0 Å². The summed E-state index contributed by atoms with van der Waals surface area (Å²) in [6, 6.07) is 0. The van der Waals surface area contributed by atoms with Crippen LogP contribution in [0.5, 0.6) is 0 Å². The molecule has 0 saturated heterocycles. The van der Waals surface area contributed by atoms with Crippen LogP contribution in [0, 0.1) is 0 Å². The van der Waals surface area contributed by atoms with Crippen molar-refractivity contribution >= 4 is 13.6 Å². The van der Waals surface area contributed by atoms with E-state index in [0.717, 1.165) is 0 Å². The number of rotatable bonds is 12. The van der Waals surface area contributed by atoms with E-state index in [4.69, 9.17) is 0 Å². The van der Waals surface area contributed by atoms with Gasteiger partial charge in [-0.05, 0) is 0 Å². The fourth-order valence-electron chi connectivity index (χ4n) is 2.64. The van der Waals surface area contributed by atoms with Gasteiger partial charge in [-0.15, -0.1) is 0 Å². The second-order valence-corrected chi connectivity index (χ2v) is 15.0. The summed E-state index contributed by atoms with van der Waals surface area (Å²) < 4.78 is 0. The molecule has 18 heavy (non-hydrogen) atoms. The van der Waals surface area contributed by atoms with E-state index in [2.05, 4.69) is 27.7 Å². The van der Waals surface area contributed by atoms with Crippen LogP contribution in [0.4, 0.5) is 0 Å². The molecular weight excluding hydrogens is 347 g/mol. The number of unbranched alkanes of at least 4 members (excludes halogenated alkanes) is 4. The average Bonchev–Trinajstić information content (AvgIpc) is 2.37. The van der Waals surface area contributed by atoms with Gasteiger partial charge < -0.3 is 17.0 Å². The summed E-state index contributed by atoms with van der Waals surface area (Å²) in [5, 5.41) is 6.65. The van der Waals surface area contributed by atoms with Gasteiger partial charge in [-0.2, -0.15) is 0 Å². The Morgan fingerprint density at radius 2 is 0.722 bits per heavy atom. The van der Waals surface area contributed by atoms with Crippen LogP contribution in [0.25, 0.3) is 0 Å². The summed E-state index contributed by atoms with van der Waals surface area (Å²) in [6.45, 7) is 9.46. The molecule has 0 fully saturated rings. The standard InChI is InChI=1S/C16H36As.BrH/c1-5-9-13-17(14-10-6-2,15-11-7-3)16-12-8-4;/h5-16H2,1-4H3;1H/q+1;/p-1. The Labute approximate surface area is 130 Å². The first-order chi connectivity index (χ1) is 8.24. The molecular formula is C16H36AsBr. The third kappa shape index (κ3) is 9.90. The Balaban J connectivity index is 0. The van der Waals surface area contributed by atoms with E-state index in [-0.39, 0.29) is 17.0 Å². The fourth-order valence-corrected chi connectivity index (χ4v) is 13.7. The van der Waals surface area contributed by atoms with Crippen LogP contribution in [0.15, 0.2) is 0 Å². The van der Waals surface area contributed by atoms with E-state index < -0.39 is 13.6 Å². The Morgan fingerprint density at radius 1 is 0.500 bits per heavy atom. The summed E-state index contributed by atoms with van der Waals surface area (Å²) in [6.07, 6.45) is 11.7. The van der Waals surface area contributed by atoms with Gasteiger partial charge in [-0.25, -0.2) is 0 Å². The molecule has 2 heteroatoms. The molecule has 0 unspecified atom stereocenters. The first-order valence-corrected chi connectivity index (χ1v) is 13.4. The summed E-state index contributed by atoms with van der Waals surface area (Å²) >= 11 is -1.26. The van der Waals surface area contributed by atoms with Gasteiger partial charge in [0, 0.05) is 0 Å². The molecule has 0 radical (unpaired) electrons. The van der Waals surface area contributed by atoms with Crippen molar-refractivity contribution in [2.75, 3.05) is 0 Å². The molecule has 0 aliphatic rings. The monoisotopic (exact) mass is 382 g/mol. The van der Waals surface area contributed by atoms with Gasteiger partial charge in [-0.3, -0.25) is 0 Å². The second-order valence-electron chi connectivity index (χ2n) is 5.65. The normalized spacial score (nSPS) is 11.3. The van der Waals surface area contributed by atoms with Gasteiger partial charge in [0.15, 0.2) is 0 Å². The predicted octanol–water partition coefficient (Wildman–Crippen LogP) is 3.64. The molecule has 0 aromatic rings. The quantitative estimate of drug-likeness (QED) is 0.452. The Hall–Kier alpha value is 1.04. The third-order valence-corrected chi connectivity index (χ3v) is 14.6. The number of hydrogen-bond donors (Lipinski definition) is 0. The molecule has 112 valence electrons. The zero-order chi connectivity index (χ0) is 13.0. The average molecular weight is 383 g/mol. The second kappa shape index (κ2) is 14.4. The molecule has 0 aromatic carbocycles. The van der Waals surface area contributed by atoms with Crippen molar-refractivity contribution in [1.29, 1.82) is 0 Å². The van der Waals surface area contributed by atoms with E-state index in [1.807, 2.05) is 0 Å². The van der Waals surface area contributed by atoms with Crippen LogP contribution in [0.2, 0.25) is 20.8 Å². The summed E-state index contributed by atoms with van der Waals surface area (Å²) in [5.74, 6) is 0. The van der Waals surface area contributed by atoms with Gasteiger partial charge in [0.1, 0.15) is 0 Å². The molecule has 0 atom stereocenters. The van der Waals surface area contributed by atoms with Crippen molar-refractivity contribution in [3.05, 3.63) is 0 Å². The van der Waals surface area contributed by atoms with E-state index >= 15 is 0 Å². The van der Waals surface area contributed by atoms with Crippen molar-refractivity contribution in [2.45, 2.75) is 99.9 Å². The predicted molar refractivity (Wildman–Crippen MR) is 84.6 cm³/mol. The van der Waals surface area contributed by atoms with Crippen LogP contribution < -0.4 is 17.0 Å². The van der Waals surface area contributed by atoms with Crippen LogP contribution in [-0.2, 0) is 0 Å². The van der Waals surface area contributed by atoms with Gasteiger partial charge in [-0.1, -0.05) is 0 Å². The van der Waals surface area contributed by atoms with E-state index in [1.54, 1.807) is 20.8 Å². The van der Waals surface area contributed by atoms with Crippen LogP contribution in [-0.4, -0.2) is 13.6 Å². The molecule has 0 amide bonds. The first-order valence-electron chi connectivity index (χ1n) is 8.09. The fraction of sp³-hybridized carbons (Fsp3) is 1.00. The molecule has 0 spiro atoms. The van der Waals surface area contributed by atoms with Crippen LogP contribution >= 0.6 is 0 Å². The maximum Gasteiger partial charge on any atom is -1.00 e. The Bertz CT molecular complexity index is 122. The minimum atomic E-state index is -1.26. The maximum atomic E-state index is 2.37. The number of halogens is 1. The van der Waals surface area contributed by atoms with Crippen molar-refractivity contribution in [1.82, 2.24) is 0 Å². The molecule has 0 aliphatic heterocycles. The topological polar surface area (TPSA) is 0 Å². The molecule has 0 rings (SSSR count). The zero-order valence-electron chi connectivity index (χ0n) is 13.3. The Morgan fingerprint density at radius 3 is 0.889 bits per heavy atom. The SMILES string of the molecule is CCCC[As+](CCCC)(CCCC)CCCC.[Br-]. The third-order valence-electron chi connectivity index (χ3n) is 3.94. The van der Waals surface area contributed by atoms with Gasteiger partial charge in [0.2, 0.25) is 0 Å². The van der Waals surface area contributed by atoms with E-state index in [1.165, 1.54) is 51.4 Å². The molecule has 0 nitrogen and oxygen atoms in total. The minimum absolute atomic E-state index is 0. The molecule has 0 bridgehead atoms. The van der Waals surface area contributed by atoms with Crippen molar-refractivity contribution < 1.29 is 17.0 Å².